The zero-order valence-corrected chi connectivity index (χ0v) is 9.15. The molecule has 0 nitrogen and oxygen atoms in total. The Morgan fingerprint density at radius 2 is 1.21 bits per heavy atom. The molecule has 2 heteroatoms. The quantitative estimate of drug-likeness (QED) is 0.614. The van der Waals surface area contributed by atoms with Crippen molar-refractivity contribution in [2.24, 2.45) is 0 Å². The monoisotopic (exact) mass is 216 g/mol. The Kier molecular flexibility index (Phi) is 1.70. The molecule has 0 unspecified atom stereocenters. The summed E-state index contributed by atoms with van der Waals surface area (Å²) in [4.78, 5) is 1.97. The summed E-state index contributed by atoms with van der Waals surface area (Å²) in [5.74, 6) is 0. The highest BCUT2D eigenvalue weighted by Gasteiger charge is 2.18. The lowest BCUT2D eigenvalue weighted by molar-refractivity contribution is 1.72. The highest BCUT2D eigenvalue weighted by atomic mass is 32.1. The molecule has 0 bridgehead atoms. The first-order valence-electron chi connectivity index (χ1n) is 4.44. The van der Waals surface area contributed by atoms with Gasteiger partial charge in [-0.1, -0.05) is 36.4 Å². The molecule has 1 aliphatic carbocycles. The van der Waals surface area contributed by atoms with Crippen molar-refractivity contribution in [2.75, 3.05) is 0 Å². The van der Waals surface area contributed by atoms with E-state index in [4.69, 9.17) is 0 Å². The third kappa shape index (κ3) is 0.928. The first kappa shape index (κ1) is 8.45. The molecule has 0 saturated carbocycles. The molecule has 0 aromatic heterocycles. The van der Waals surface area contributed by atoms with Gasteiger partial charge in [0.1, 0.15) is 0 Å². The second-order valence-electron chi connectivity index (χ2n) is 3.41. The second kappa shape index (κ2) is 2.81. The third-order valence-corrected chi connectivity index (χ3v) is 3.74. The van der Waals surface area contributed by atoms with Gasteiger partial charge in [-0.15, -0.1) is 25.3 Å². The molecule has 0 heterocycles. The summed E-state index contributed by atoms with van der Waals surface area (Å²) in [6.45, 7) is 0. The molecule has 0 amide bonds. The molecule has 0 N–H and O–H groups in total. The summed E-state index contributed by atoms with van der Waals surface area (Å²) in [7, 11) is 0. The van der Waals surface area contributed by atoms with Gasteiger partial charge in [0.15, 0.2) is 0 Å². The number of thiol groups is 2. The van der Waals surface area contributed by atoms with E-state index in [1.165, 1.54) is 21.9 Å². The average Bonchev–Trinajstić information content (AvgIpc) is 2.47. The minimum Gasteiger partial charge on any atom is -0.142 e. The molecule has 3 rings (SSSR count). The highest BCUT2D eigenvalue weighted by Crippen LogP contribution is 2.44. The van der Waals surface area contributed by atoms with Crippen LogP contribution in [0.4, 0.5) is 0 Å². The average molecular weight is 216 g/mol. The largest absolute Gasteiger partial charge is 0.142 e. The van der Waals surface area contributed by atoms with E-state index in [1.807, 2.05) is 0 Å². The predicted octanol–water partition coefficient (Wildman–Crippen LogP) is 3.84. The van der Waals surface area contributed by atoms with Crippen LogP contribution in [0.1, 0.15) is 11.1 Å². The van der Waals surface area contributed by atoms with E-state index in [0.29, 0.717) is 0 Å². The smallest absolute Gasteiger partial charge is 0.0259 e. The molecular formula is C12H8S2. The molecule has 1 aliphatic rings. The lowest BCUT2D eigenvalue weighted by atomic mass is 10.0. The van der Waals surface area contributed by atoms with Gasteiger partial charge in [-0.05, 0) is 21.9 Å². The molecule has 0 saturated heterocycles. The van der Waals surface area contributed by atoms with Crippen molar-refractivity contribution in [2.45, 2.75) is 0 Å². The Balaban J connectivity index is 2.59. The van der Waals surface area contributed by atoms with Crippen LogP contribution in [-0.2, 0) is 0 Å². The van der Waals surface area contributed by atoms with Gasteiger partial charge >= 0.3 is 0 Å². The van der Waals surface area contributed by atoms with Crippen molar-refractivity contribution < 1.29 is 0 Å². The summed E-state index contributed by atoms with van der Waals surface area (Å²) < 4.78 is 0. The van der Waals surface area contributed by atoms with Gasteiger partial charge in [-0.2, -0.15) is 0 Å². The number of rotatable bonds is 0. The van der Waals surface area contributed by atoms with E-state index in [9.17, 15) is 0 Å². The Morgan fingerprint density at radius 1 is 0.714 bits per heavy atom. The SMILES string of the molecule is SC1=C(S)c2cccc3cccc1c23. The van der Waals surface area contributed by atoms with Crippen LogP contribution in [0, 0.1) is 0 Å². The molecule has 2 aromatic rings. The van der Waals surface area contributed by atoms with Crippen LogP contribution in [0.3, 0.4) is 0 Å². The van der Waals surface area contributed by atoms with Crippen LogP contribution in [0.15, 0.2) is 36.4 Å². The molecule has 0 radical (unpaired) electrons. The molecular weight excluding hydrogens is 208 g/mol. The highest BCUT2D eigenvalue weighted by molar-refractivity contribution is 7.96. The molecule has 0 aliphatic heterocycles. The second-order valence-corrected chi connectivity index (χ2v) is 4.30. The maximum Gasteiger partial charge on any atom is 0.0259 e. The third-order valence-electron chi connectivity index (χ3n) is 2.64. The fourth-order valence-electron chi connectivity index (χ4n) is 1.99. The van der Waals surface area contributed by atoms with Gasteiger partial charge in [-0.25, -0.2) is 0 Å². The van der Waals surface area contributed by atoms with Crippen molar-refractivity contribution in [3.05, 3.63) is 47.5 Å². The van der Waals surface area contributed by atoms with Crippen LogP contribution in [0.5, 0.6) is 0 Å². The van der Waals surface area contributed by atoms with Crippen molar-refractivity contribution in [3.8, 4) is 0 Å². The minimum absolute atomic E-state index is 0.986. The zero-order chi connectivity index (χ0) is 9.71. The van der Waals surface area contributed by atoms with Crippen molar-refractivity contribution >= 4 is 45.8 Å². The van der Waals surface area contributed by atoms with Crippen molar-refractivity contribution in [1.29, 1.82) is 0 Å². The lowest BCUT2D eigenvalue weighted by Crippen LogP contribution is -1.77. The lowest BCUT2D eigenvalue weighted by Gasteiger charge is -2.01. The first-order valence-corrected chi connectivity index (χ1v) is 5.33. The molecule has 2 aromatic carbocycles. The predicted molar refractivity (Wildman–Crippen MR) is 68.7 cm³/mol. The Bertz CT molecular complexity index is 521. The van der Waals surface area contributed by atoms with Crippen LogP contribution in [0.2, 0.25) is 0 Å². The molecule has 68 valence electrons. The fraction of sp³-hybridized carbons (Fsp3) is 0. The molecule has 14 heavy (non-hydrogen) atoms. The maximum atomic E-state index is 4.49. The summed E-state index contributed by atoms with van der Waals surface area (Å²) in [6.07, 6.45) is 0. The number of hydrogen-bond donors (Lipinski definition) is 2. The number of benzene rings is 2. The van der Waals surface area contributed by atoms with Crippen LogP contribution in [0.25, 0.3) is 20.6 Å². The van der Waals surface area contributed by atoms with Gasteiger partial charge in [0, 0.05) is 9.81 Å². The first-order chi connectivity index (χ1) is 6.79. The van der Waals surface area contributed by atoms with Gasteiger partial charge in [0.25, 0.3) is 0 Å². The van der Waals surface area contributed by atoms with E-state index in [1.54, 1.807) is 0 Å². The summed E-state index contributed by atoms with van der Waals surface area (Å²) in [6, 6.07) is 12.5. The van der Waals surface area contributed by atoms with E-state index < -0.39 is 0 Å². The van der Waals surface area contributed by atoms with E-state index in [-0.39, 0.29) is 0 Å². The Morgan fingerprint density at radius 3 is 1.71 bits per heavy atom. The normalized spacial score (nSPS) is 14.1. The Labute approximate surface area is 93.5 Å². The maximum absolute atomic E-state index is 4.49. The standard InChI is InChI=1S/C12H8S2/c13-11-8-5-1-3-7-4-2-6-9(10(7)8)12(11)14/h1-6,13-14H. The molecule has 0 spiro atoms. The van der Waals surface area contributed by atoms with Gasteiger partial charge in [-0.3, -0.25) is 0 Å². The fourth-order valence-corrected chi connectivity index (χ4v) is 2.60. The topological polar surface area (TPSA) is 0 Å². The van der Waals surface area contributed by atoms with Crippen LogP contribution < -0.4 is 0 Å². The van der Waals surface area contributed by atoms with Crippen molar-refractivity contribution in [3.63, 3.8) is 0 Å². The molecule has 0 fully saturated rings. The van der Waals surface area contributed by atoms with Crippen molar-refractivity contribution in [1.82, 2.24) is 0 Å². The van der Waals surface area contributed by atoms with E-state index in [2.05, 4.69) is 61.7 Å². The van der Waals surface area contributed by atoms with Crippen LogP contribution >= 0.6 is 25.3 Å². The van der Waals surface area contributed by atoms with Gasteiger partial charge in [0.05, 0.1) is 0 Å². The molecule has 0 atom stereocenters. The van der Waals surface area contributed by atoms with E-state index in [0.717, 1.165) is 9.81 Å². The van der Waals surface area contributed by atoms with Gasteiger partial charge in [0.2, 0.25) is 0 Å². The number of hydrogen-bond acceptors (Lipinski definition) is 2. The summed E-state index contributed by atoms with van der Waals surface area (Å²) >= 11 is 8.98. The summed E-state index contributed by atoms with van der Waals surface area (Å²) in [5, 5.41) is 2.54. The summed E-state index contributed by atoms with van der Waals surface area (Å²) in [5.41, 5.74) is 2.40. The van der Waals surface area contributed by atoms with Gasteiger partial charge < -0.3 is 0 Å². The minimum atomic E-state index is 0.986. The zero-order valence-electron chi connectivity index (χ0n) is 7.36. The van der Waals surface area contributed by atoms with E-state index >= 15 is 0 Å². The Hall–Kier alpha value is -0.860. The van der Waals surface area contributed by atoms with Crippen LogP contribution in [-0.4, -0.2) is 0 Å².